The van der Waals surface area contributed by atoms with Gasteiger partial charge in [-0.1, -0.05) is 0 Å². The van der Waals surface area contributed by atoms with Gasteiger partial charge in [0, 0.05) is 12.8 Å². The largest absolute Gasteiger partial charge is 0.497 e. The van der Waals surface area contributed by atoms with Gasteiger partial charge in [0.15, 0.2) is 0 Å². The summed E-state index contributed by atoms with van der Waals surface area (Å²) < 4.78 is 5.43. The molecular weight excluding hydrogens is 278 g/mol. The van der Waals surface area contributed by atoms with Gasteiger partial charge in [0.1, 0.15) is 23.9 Å². The van der Waals surface area contributed by atoms with Crippen molar-refractivity contribution in [3.05, 3.63) is 29.8 Å². The first-order valence-corrected chi connectivity index (χ1v) is 7.88. The van der Waals surface area contributed by atoms with Crippen LogP contribution in [0.1, 0.15) is 57.3 Å². The van der Waals surface area contributed by atoms with E-state index in [9.17, 15) is 4.79 Å². The second-order valence-corrected chi connectivity index (χ2v) is 7.51. The van der Waals surface area contributed by atoms with E-state index < -0.39 is 0 Å². The number of hydrogen-bond acceptors (Lipinski definition) is 3. The Kier molecular flexibility index (Phi) is 4.26. The molecule has 22 heavy (non-hydrogen) atoms. The Hall–Kier alpha value is -1.55. The topological polar surface area (TPSA) is 35.5 Å². The van der Waals surface area contributed by atoms with E-state index in [1.807, 2.05) is 7.05 Å². The zero-order chi connectivity index (χ0) is 16.6. The van der Waals surface area contributed by atoms with Crippen molar-refractivity contribution in [2.24, 2.45) is 0 Å². The highest BCUT2D eigenvalue weighted by atomic mass is 16.8. The van der Waals surface area contributed by atoms with Crippen LogP contribution < -0.4 is 4.74 Å². The van der Waals surface area contributed by atoms with Crippen molar-refractivity contribution < 1.29 is 19.0 Å². The minimum atomic E-state index is -0.284. The van der Waals surface area contributed by atoms with Crippen LogP contribution in [0, 0.1) is 0 Å². The molecule has 0 saturated carbocycles. The first kappa shape index (κ1) is 16.8. The molecule has 1 aromatic carbocycles. The molecule has 1 aliphatic heterocycles. The number of carbonyl (C=O) groups is 1. The van der Waals surface area contributed by atoms with Gasteiger partial charge >= 0.3 is 5.97 Å². The number of carbonyl (C=O) groups excluding carboxylic acids is 1. The quantitative estimate of drug-likeness (QED) is 0.793. The van der Waals surface area contributed by atoms with Gasteiger partial charge in [0.25, 0.3) is 0 Å². The molecule has 4 nitrogen and oxygen atoms in total. The number of ether oxygens (including phenoxy) is 1. The summed E-state index contributed by atoms with van der Waals surface area (Å²) in [5, 5.41) is 0. The Morgan fingerprint density at radius 1 is 1.05 bits per heavy atom. The van der Waals surface area contributed by atoms with Crippen LogP contribution in [-0.2, 0) is 4.84 Å². The normalized spacial score (nSPS) is 21.9. The number of piperidine rings is 1. The maximum atomic E-state index is 12.6. The summed E-state index contributed by atoms with van der Waals surface area (Å²) in [6, 6.07) is 7.06. The van der Waals surface area contributed by atoms with Crippen LogP contribution in [0.25, 0.3) is 0 Å². The lowest BCUT2D eigenvalue weighted by Gasteiger charge is -2.55. The van der Waals surface area contributed by atoms with Crippen LogP contribution in [0.15, 0.2) is 24.3 Å². The van der Waals surface area contributed by atoms with Crippen LogP contribution in [0.2, 0.25) is 0 Å². The molecule has 0 radical (unpaired) electrons. The summed E-state index contributed by atoms with van der Waals surface area (Å²) >= 11 is 0. The number of benzene rings is 1. The van der Waals surface area contributed by atoms with E-state index in [4.69, 9.17) is 9.57 Å². The minimum absolute atomic E-state index is 0.107. The molecular formula is C18H28NO3+. The standard InChI is InChI=1S/C18H28NO3/c1-17(2)12-7-13-18(3,4)19(17,5)22-16(20)14-8-10-15(21-6)11-9-14/h8-11H,7,12-13H2,1-6H3/q+1. The Morgan fingerprint density at radius 2 is 1.55 bits per heavy atom. The van der Waals surface area contributed by atoms with E-state index in [1.165, 1.54) is 0 Å². The zero-order valence-corrected chi connectivity index (χ0v) is 14.6. The molecule has 1 heterocycles. The van der Waals surface area contributed by atoms with Crippen molar-refractivity contribution in [2.45, 2.75) is 58.0 Å². The van der Waals surface area contributed by atoms with Crippen molar-refractivity contribution in [2.75, 3.05) is 14.2 Å². The molecule has 0 N–H and O–H groups in total. The molecule has 0 bridgehead atoms. The van der Waals surface area contributed by atoms with Crippen LogP contribution >= 0.6 is 0 Å². The van der Waals surface area contributed by atoms with Crippen LogP contribution in [-0.4, -0.2) is 35.9 Å². The summed E-state index contributed by atoms with van der Waals surface area (Å²) in [7, 11) is 3.64. The molecule has 1 aromatic rings. The van der Waals surface area contributed by atoms with Crippen molar-refractivity contribution in [1.82, 2.24) is 0 Å². The summed E-state index contributed by atoms with van der Waals surface area (Å²) in [6.45, 7) is 8.70. The van der Waals surface area contributed by atoms with Crippen molar-refractivity contribution >= 4 is 5.97 Å². The van der Waals surface area contributed by atoms with E-state index in [-0.39, 0.29) is 17.0 Å². The van der Waals surface area contributed by atoms with Gasteiger partial charge in [-0.2, -0.15) is 0 Å². The van der Waals surface area contributed by atoms with Gasteiger partial charge in [0.2, 0.25) is 0 Å². The average Bonchev–Trinajstić information content (AvgIpc) is 2.45. The second-order valence-electron chi connectivity index (χ2n) is 7.51. The van der Waals surface area contributed by atoms with E-state index in [1.54, 1.807) is 31.4 Å². The number of likely N-dealkylation sites (tertiary alicyclic amines) is 1. The third-order valence-electron chi connectivity index (χ3n) is 5.48. The van der Waals surface area contributed by atoms with Gasteiger partial charge in [0.05, 0.1) is 12.7 Å². The Labute approximate surface area is 133 Å². The SMILES string of the molecule is COc1ccc(C(=O)O[N+]2(C)C(C)(C)CCCC2(C)C)cc1. The fourth-order valence-electron chi connectivity index (χ4n) is 3.39. The van der Waals surface area contributed by atoms with Crippen molar-refractivity contribution in [3.63, 3.8) is 0 Å². The molecule has 1 saturated heterocycles. The highest BCUT2D eigenvalue weighted by Gasteiger charge is 2.57. The second kappa shape index (κ2) is 5.58. The third kappa shape index (κ3) is 2.72. The molecule has 0 amide bonds. The summed E-state index contributed by atoms with van der Waals surface area (Å²) in [6.07, 6.45) is 3.25. The molecule has 0 spiro atoms. The first-order valence-electron chi connectivity index (χ1n) is 7.88. The lowest BCUT2D eigenvalue weighted by molar-refractivity contribution is -1.15. The maximum absolute atomic E-state index is 12.6. The average molecular weight is 306 g/mol. The molecule has 122 valence electrons. The molecule has 2 rings (SSSR count). The van der Waals surface area contributed by atoms with E-state index >= 15 is 0 Å². The van der Waals surface area contributed by atoms with Crippen LogP contribution in [0.3, 0.4) is 0 Å². The van der Waals surface area contributed by atoms with Gasteiger partial charge in [-0.05, 0) is 58.4 Å². The fraction of sp³-hybridized carbons (Fsp3) is 0.611. The first-order chi connectivity index (χ1) is 10.1. The van der Waals surface area contributed by atoms with Crippen molar-refractivity contribution in [3.8, 4) is 5.75 Å². The fourth-order valence-corrected chi connectivity index (χ4v) is 3.39. The summed E-state index contributed by atoms with van der Waals surface area (Å²) in [5.74, 6) is 0.448. The number of nitrogens with zero attached hydrogens (tertiary/aromatic N) is 1. The molecule has 0 aliphatic carbocycles. The van der Waals surface area contributed by atoms with E-state index in [0.717, 1.165) is 25.0 Å². The summed E-state index contributed by atoms with van der Waals surface area (Å²) in [4.78, 5) is 18.6. The highest BCUT2D eigenvalue weighted by molar-refractivity contribution is 5.89. The molecule has 4 heteroatoms. The number of quaternary nitrogens is 1. The van der Waals surface area contributed by atoms with Gasteiger partial charge < -0.3 is 4.74 Å². The predicted molar refractivity (Wildman–Crippen MR) is 86.6 cm³/mol. The highest BCUT2D eigenvalue weighted by Crippen LogP contribution is 2.44. The summed E-state index contributed by atoms with van der Waals surface area (Å²) in [5.41, 5.74) is 0.339. The predicted octanol–water partition coefficient (Wildman–Crippen LogP) is 3.95. The van der Waals surface area contributed by atoms with Gasteiger partial charge in [-0.15, -0.1) is 4.65 Å². The van der Waals surface area contributed by atoms with E-state index in [0.29, 0.717) is 10.2 Å². The van der Waals surface area contributed by atoms with Crippen LogP contribution in [0.5, 0.6) is 5.75 Å². The van der Waals surface area contributed by atoms with Gasteiger partial charge in [-0.3, -0.25) is 4.84 Å². The molecule has 1 aliphatic rings. The molecule has 0 aromatic heterocycles. The lowest BCUT2D eigenvalue weighted by atomic mass is 9.79. The monoisotopic (exact) mass is 306 g/mol. The number of hydroxylamine groups is 3. The van der Waals surface area contributed by atoms with Gasteiger partial charge in [-0.25, -0.2) is 4.79 Å². The van der Waals surface area contributed by atoms with Crippen LogP contribution in [0.4, 0.5) is 0 Å². The minimum Gasteiger partial charge on any atom is -0.497 e. The molecule has 1 fully saturated rings. The third-order valence-corrected chi connectivity index (χ3v) is 5.48. The Balaban J connectivity index is 2.27. The number of rotatable bonds is 3. The maximum Gasteiger partial charge on any atom is 0.397 e. The number of hydrogen-bond donors (Lipinski definition) is 0. The van der Waals surface area contributed by atoms with E-state index in [2.05, 4.69) is 27.7 Å². The molecule has 0 atom stereocenters. The zero-order valence-electron chi connectivity index (χ0n) is 14.6. The lowest BCUT2D eigenvalue weighted by Crippen LogP contribution is -2.71. The number of methoxy groups -OCH3 is 1. The molecule has 0 unspecified atom stereocenters. The van der Waals surface area contributed by atoms with Crippen molar-refractivity contribution in [1.29, 1.82) is 0 Å². The Morgan fingerprint density at radius 3 is 2.00 bits per heavy atom. The smallest absolute Gasteiger partial charge is 0.397 e. The Bertz CT molecular complexity index is 530.